The van der Waals surface area contributed by atoms with E-state index in [-0.39, 0.29) is 23.9 Å². The van der Waals surface area contributed by atoms with Gasteiger partial charge in [-0.1, -0.05) is 38.0 Å². The van der Waals surface area contributed by atoms with E-state index in [4.69, 9.17) is 0 Å². The maximum absolute atomic E-state index is 13.6. The number of carbonyl (C=O) groups excluding carboxylic acids is 3. The third kappa shape index (κ3) is 5.01. The molecule has 194 valence electrons. The molecule has 3 fully saturated rings. The van der Waals surface area contributed by atoms with Crippen LogP contribution in [0.5, 0.6) is 0 Å². The first-order valence-electron chi connectivity index (χ1n) is 13.7. The predicted molar refractivity (Wildman–Crippen MR) is 139 cm³/mol. The summed E-state index contributed by atoms with van der Waals surface area (Å²) in [5.74, 6) is 0.614. The third-order valence-corrected chi connectivity index (χ3v) is 8.22. The fraction of sp³-hybridized carbons (Fsp3) is 0.607. The highest BCUT2D eigenvalue weighted by atomic mass is 16.2. The van der Waals surface area contributed by atoms with E-state index in [0.29, 0.717) is 44.7 Å². The minimum Gasteiger partial charge on any atom is -0.361 e. The summed E-state index contributed by atoms with van der Waals surface area (Å²) in [6.45, 7) is 5.66. The Morgan fingerprint density at radius 1 is 1.14 bits per heavy atom. The first-order valence-corrected chi connectivity index (χ1v) is 13.7. The summed E-state index contributed by atoms with van der Waals surface area (Å²) in [6.07, 6.45) is 7.61. The van der Waals surface area contributed by atoms with Crippen LogP contribution in [0, 0.1) is 5.92 Å². The summed E-state index contributed by atoms with van der Waals surface area (Å²) in [4.78, 5) is 49.2. The lowest BCUT2D eigenvalue weighted by molar-refractivity contribution is -0.175. The van der Waals surface area contributed by atoms with Crippen LogP contribution in [0.15, 0.2) is 30.5 Å². The average Bonchev–Trinajstić information content (AvgIpc) is 3.31. The van der Waals surface area contributed by atoms with Gasteiger partial charge in [0.05, 0.1) is 6.54 Å². The Hall–Kier alpha value is -2.87. The smallest absolute Gasteiger partial charge is 0.245 e. The van der Waals surface area contributed by atoms with Crippen molar-refractivity contribution >= 4 is 28.6 Å². The van der Waals surface area contributed by atoms with Crippen molar-refractivity contribution in [2.75, 3.05) is 32.7 Å². The summed E-state index contributed by atoms with van der Waals surface area (Å²) < 4.78 is 0. The van der Waals surface area contributed by atoms with Gasteiger partial charge >= 0.3 is 0 Å². The van der Waals surface area contributed by atoms with Crippen molar-refractivity contribution in [3.63, 3.8) is 0 Å². The molecule has 2 unspecified atom stereocenters. The zero-order chi connectivity index (χ0) is 25.1. The number of nitrogens with one attached hydrogen (secondary N) is 2. The number of carbonyl (C=O) groups is 3. The number of unbranched alkanes of at least 4 members (excludes halogenated alkanes) is 1. The Balaban J connectivity index is 1.33. The van der Waals surface area contributed by atoms with Gasteiger partial charge in [0.2, 0.25) is 17.7 Å². The van der Waals surface area contributed by atoms with E-state index in [1.807, 2.05) is 34.2 Å². The zero-order valence-electron chi connectivity index (χ0n) is 21.4. The number of para-hydroxylation sites is 1. The van der Waals surface area contributed by atoms with Crippen molar-refractivity contribution in [2.24, 2.45) is 5.92 Å². The van der Waals surface area contributed by atoms with Crippen molar-refractivity contribution in [3.8, 4) is 0 Å². The molecule has 1 aromatic carbocycles. The lowest BCUT2D eigenvalue weighted by Gasteiger charge is -2.53. The van der Waals surface area contributed by atoms with Gasteiger partial charge in [-0.2, -0.15) is 0 Å². The van der Waals surface area contributed by atoms with Crippen molar-refractivity contribution in [1.82, 2.24) is 25.0 Å². The highest BCUT2D eigenvalue weighted by Crippen LogP contribution is 2.30. The molecule has 5 rings (SSSR count). The number of rotatable bonds is 8. The van der Waals surface area contributed by atoms with Crippen LogP contribution in [-0.4, -0.2) is 82.3 Å². The number of aryl methyl sites for hydroxylation is 1. The molecule has 8 heteroatoms. The van der Waals surface area contributed by atoms with Crippen molar-refractivity contribution in [2.45, 2.75) is 70.5 Å². The number of piperazine rings is 1. The Morgan fingerprint density at radius 3 is 2.75 bits per heavy atom. The van der Waals surface area contributed by atoms with Gasteiger partial charge in [0.25, 0.3) is 0 Å². The van der Waals surface area contributed by atoms with E-state index in [1.54, 1.807) is 4.90 Å². The molecular weight excluding hydrogens is 454 g/mol. The number of fused-ring (bicyclic) bond motifs is 2. The normalized spacial score (nSPS) is 23.4. The summed E-state index contributed by atoms with van der Waals surface area (Å²) in [5.41, 5.74) is 2.21. The summed E-state index contributed by atoms with van der Waals surface area (Å²) in [6, 6.07) is 7.68. The first kappa shape index (κ1) is 24.8. The minimum absolute atomic E-state index is 0.0108. The molecule has 3 aliphatic heterocycles. The largest absolute Gasteiger partial charge is 0.361 e. The molecule has 0 radical (unpaired) electrons. The molecule has 3 amide bonds. The van der Waals surface area contributed by atoms with Crippen LogP contribution >= 0.6 is 0 Å². The van der Waals surface area contributed by atoms with Gasteiger partial charge in [-0.15, -0.1) is 0 Å². The van der Waals surface area contributed by atoms with E-state index in [2.05, 4.69) is 23.3 Å². The molecule has 4 heterocycles. The summed E-state index contributed by atoms with van der Waals surface area (Å²) >= 11 is 0. The molecule has 2 N–H and O–H groups in total. The second-order valence-electron chi connectivity index (χ2n) is 10.6. The quantitative estimate of drug-likeness (QED) is 0.592. The maximum atomic E-state index is 13.6. The Kier molecular flexibility index (Phi) is 7.60. The van der Waals surface area contributed by atoms with Crippen LogP contribution in [0.2, 0.25) is 0 Å². The molecule has 2 aromatic rings. The van der Waals surface area contributed by atoms with E-state index in [1.165, 1.54) is 0 Å². The highest BCUT2D eigenvalue weighted by Gasteiger charge is 2.48. The molecule has 0 bridgehead atoms. The number of H-pyrrole nitrogens is 1. The molecule has 3 aliphatic rings. The minimum atomic E-state index is -0.456. The van der Waals surface area contributed by atoms with Crippen LogP contribution in [0.3, 0.4) is 0 Å². The zero-order valence-corrected chi connectivity index (χ0v) is 21.4. The number of amides is 3. The van der Waals surface area contributed by atoms with E-state index in [0.717, 1.165) is 61.8 Å². The van der Waals surface area contributed by atoms with Gasteiger partial charge in [-0.25, -0.2) is 0 Å². The van der Waals surface area contributed by atoms with Crippen LogP contribution in [0.25, 0.3) is 10.9 Å². The molecule has 0 spiro atoms. The lowest BCUT2D eigenvalue weighted by atomic mass is 9.94. The topological polar surface area (TPSA) is 88.7 Å². The predicted octanol–water partition coefficient (Wildman–Crippen LogP) is 2.89. The number of aromatic amines is 1. The summed E-state index contributed by atoms with van der Waals surface area (Å²) in [5, 5.41) is 4.55. The number of hydrogen-bond acceptors (Lipinski definition) is 4. The number of piperidine rings is 1. The third-order valence-electron chi connectivity index (χ3n) is 8.22. The molecule has 2 atom stereocenters. The molecule has 0 saturated carbocycles. The number of aromatic nitrogens is 1. The first-order chi connectivity index (χ1) is 17.6. The highest BCUT2D eigenvalue weighted by molar-refractivity contribution is 5.91. The second-order valence-corrected chi connectivity index (χ2v) is 10.6. The molecule has 1 aromatic heterocycles. The Labute approximate surface area is 213 Å². The van der Waals surface area contributed by atoms with Gasteiger partial charge in [0.1, 0.15) is 12.2 Å². The van der Waals surface area contributed by atoms with Gasteiger partial charge in [-0.3, -0.25) is 14.4 Å². The van der Waals surface area contributed by atoms with Gasteiger partial charge in [0, 0.05) is 43.0 Å². The monoisotopic (exact) mass is 493 g/mol. The fourth-order valence-corrected chi connectivity index (χ4v) is 6.21. The molecule has 36 heavy (non-hydrogen) atoms. The van der Waals surface area contributed by atoms with E-state index < -0.39 is 6.04 Å². The van der Waals surface area contributed by atoms with Gasteiger partial charge < -0.3 is 25.0 Å². The van der Waals surface area contributed by atoms with Crippen molar-refractivity contribution < 1.29 is 14.4 Å². The maximum Gasteiger partial charge on any atom is 0.245 e. The standard InChI is InChI=1S/C28H39N5O3/c1-2-3-8-24-28(36)31(18-20-11-14-29-15-12-20)19-25-32(16-13-27(35)33(24)25)26(34)10-9-21-17-30-23-7-5-4-6-22(21)23/h4-7,17,20,24-25,29-30H,2-3,8-16,18-19H2,1H3. The van der Waals surface area contributed by atoms with Gasteiger partial charge in [0.15, 0.2) is 0 Å². The molecule has 0 aliphatic carbocycles. The average molecular weight is 494 g/mol. The fourth-order valence-electron chi connectivity index (χ4n) is 6.21. The molecular formula is C28H39N5O3. The van der Waals surface area contributed by atoms with Crippen LogP contribution < -0.4 is 5.32 Å². The number of nitrogens with zero attached hydrogens (tertiary/aromatic N) is 3. The lowest BCUT2D eigenvalue weighted by Crippen LogP contribution is -2.71. The number of benzene rings is 1. The second kappa shape index (κ2) is 11.0. The molecule has 3 saturated heterocycles. The Bertz CT molecular complexity index is 1090. The van der Waals surface area contributed by atoms with E-state index >= 15 is 0 Å². The number of hydrogen-bond donors (Lipinski definition) is 2. The van der Waals surface area contributed by atoms with Crippen LogP contribution in [0.4, 0.5) is 0 Å². The van der Waals surface area contributed by atoms with Crippen LogP contribution in [-0.2, 0) is 20.8 Å². The van der Waals surface area contributed by atoms with Crippen molar-refractivity contribution in [3.05, 3.63) is 36.0 Å². The summed E-state index contributed by atoms with van der Waals surface area (Å²) in [7, 11) is 0. The van der Waals surface area contributed by atoms with Crippen molar-refractivity contribution in [1.29, 1.82) is 0 Å². The van der Waals surface area contributed by atoms with Crippen LogP contribution in [0.1, 0.15) is 57.4 Å². The van der Waals surface area contributed by atoms with E-state index in [9.17, 15) is 14.4 Å². The molecule has 8 nitrogen and oxygen atoms in total. The van der Waals surface area contributed by atoms with Gasteiger partial charge in [-0.05, 0) is 56.3 Å². The SMILES string of the molecule is CCCCC1C(=O)N(CC2CCNCC2)CC2N(C(=O)CCc3c[nH]c4ccccc34)CCC(=O)N12. The Morgan fingerprint density at radius 2 is 1.94 bits per heavy atom.